The first kappa shape index (κ1) is 16.8. The Morgan fingerprint density at radius 2 is 1.59 bits per heavy atom. The van der Waals surface area contributed by atoms with Crippen LogP contribution in [0.5, 0.6) is 5.75 Å². The summed E-state index contributed by atoms with van der Waals surface area (Å²) in [5.41, 5.74) is -0.698. The summed E-state index contributed by atoms with van der Waals surface area (Å²) < 4.78 is 5.48. The van der Waals surface area contributed by atoms with E-state index in [0.29, 0.717) is 23.5 Å². The van der Waals surface area contributed by atoms with Crippen LogP contribution >= 0.6 is 0 Å². The van der Waals surface area contributed by atoms with Crippen molar-refractivity contribution in [1.82, 2.24) is 0 Å². The highest BCUT2D eigenvalue weighted by atomic mass is 16.5. The molecule has 4 bridgehead atoms. The smallest absolute Gasteiger partial charge is 0.161 e. The van der Waals surface area contributed by atoms with Crippen LogP contribution in [-0.2, 0) is 4.79 Å². The Morgan fingerprint density at radius 3 is 2.11 bits per heavy atom. The fourth-order valence-electron chi connectivity index (χ4n) is 7.14. The third kappa shape index (κ3) is 2.16. The molecule has 2 atom stereocenters. The number of para-hydroxylation sites is 1. The highest BCUT2D eigenvalue weighted by Crippen LogP contribution is 2.70. The third-order valence-electron chi connectivity index (χ3n) is 7.89. The lowest BCUT2D eigenvalue weighted by atomic mass is 9.48. The van der Waals surface area contributed by atoms with Crippen molar-refractivity contribution in [3.05, 3.63) is 29.8 Å². The third-order valence-corrected chi connectivity index (χ3v) is 7.89. The second-order valence-electron chi connectivity index (χ2n) is 9.35. The Kier molecular flexibility index (Phi) is 3.48. The van der Waals surface area contributed by atoms with E-state index in [-0.39, 0.29) is 17.1 Å². The summed E-state index contributed by atoms with van der Waals surface area (Å²) >= 11 is 0. The Bertz CT molecular complexity index is 841. The van der Waals surface area contributed by atoms with Gasteiger partial charge in [0.15, 0.2) is 5.41 Å². The molecule has 4 heteroatoms. The number of carbonyl (C=O) groups excluding carboxylic acids is 1. The molecule has 1 unspecified atom stereocenters. The van der Waals surface area contributed by atoms with Gasteiger partial charge in [0.05, 0.1) is 25.2 Å². The number of Topliss-reactive ketones (excluding diaryl/α,β-unsaturated/α-hetero) is 1. The maximum Gasteiger partial charge on any atom is 0.161 e. The maximum atomic E-state index is 13.8. The number of benzene rings is 1. The molecule has 5 aliphatic carbocycles. The number of ketones is 1. The van der Waals surface area contributed by atoms with Gasteiger partial charge in [-0.05, 0) is 62.3 Å². The summed E-state index contributed by atoms with van der Waals surface area (Å²) in [7, 11) is 1.59. The number of hydrogen-bond acceptors (Lipinski definition) is 4. The molecule has 6 rings (SSSR count). The summed E-state index contributed by atoms with van der Waals surface area (Å²) in [6, 6.07) is 12.0. The predicted octanol–water partition coefficient (Wildman–Crippen LogP) is 4.23. The van der Waals surface area contributed by atoms with Gasteiger partial charge >= 0.3 is 0 Å². The molecule has 0 saturated heterocycles. The standard InChI is InChI=1S/C23H24N2O2/c1-27-18-5-3-2-4-17(18)19-20(23(19,12-24)13-25)21(26)22-9-14-6-15(10-22)8-16(7-14)11-22/h2-5,14-16,19-20H,6-11H2,1H3/t14?,15?,16?,19?,20-,22?/m0/s1. The van der Waals surface area contributed by atoms with Crippen LogP contribution in [0.3, 0.4) is 0 Å². The van der Waals surface area contributed by atoms with Crippen molar-refractivity contribution in [2.24, 2.45) is 34.5 Å². The van der Waals surface area contributed by atoms with E-state index in [1.165, 1.54) is 19.3 Å². The zero-order valence-corrected chi connectivity index (χ0v) is 15.6. The molecule has 1 aromatic rings. The van der Waals surface area contributed by atoms with Gasteiger partial charge in [0.2, 0.25) is 0 Å². The number of methoxy groups -OCH3 is 1. The SMILES string of the molecule is COc1ccccc1C1[C@@H](C(=O)C23CC4CC(CC(C4)C2)C3)C1(C#N)C#N. The minimum absolute atomic E-state index is 0.195. The molecule has 0 radical (unpaired) electrons. The van der Waals surface area contributed by atoms with Crippen molar-refractivity contribution in [3.63, 3.8) is 0 Å². The molecule has 0 heterocycles. The van der Waals surface area contributed by atoms with E-state index >= 15 is 0 Å². The van der Waals surface area contributed by atoms with E-state index in [1.807, 2.05) is 24.3 Å². The molecular weight excluding hydrogens is 336 g/mol. The summed E-state index contributed by atoms with van der Waals surface area (Å²) in [4.78, 5) is 13.8. The van der Waals surface area contributed by atoms with Crippen molar-refractivity contribution in [2.75, 3.05) is 7.11 Å². The highest BCUT2D eigenvalue weighted by molar-refractivity contribution is 5.94. The second kappa shape index (κ2) is 5.59. The Morgan fingerprint density at radius 1 is 1.04 bits per heavy atom. The summed E-state index contributed by atoms with van der Waals surface area (Å²) in [6.07, 6.45) is 6.73. The molecule has 4 nitrogen and oxygen atoms in total. The maximum absolute atomic E-state index is 13.8. The fourth-order valence-corrected chi connectivity index (χ4v) is 7.14. The number of ether oxygens (including phenoxy) is 1. The van der Waals surface area contributed by atoms with Crippen molar-refractivity contribution < 1.29 is 9.53 Å². The average molecular weight is 360 g/mol. The first-order valence-corrected chi connectivity index (χ1v) is 10.1. The molecular formula is C23H24N2O2. The highest BCUT2D eigenvalue weighted by Gasteiger charge is 2.74. The summed E-state index contributed by atoms with van der Waals surface area (Å²) in [6.45, 7) is 0. The van der Waals surface area contributed by atoms with Crippen molar-refractivity contribution >= 4 is 5.78 Å². The van der Waals surface area contributed by atoms with Crippen LogP contribution in [0, 0.1) is 57.2 Å². The quantitative estimate of drug-likeness (QED) is 0.805. The zero-order valence-electron chi connectivity index (χ0n) is 15.6. The zero-order chi connectivity index (χ0) is 18.8. The minimum atomic E-state index is -1.24. The van der Waals surface area contributed by atoms with Gasteiger partial charge in [-0.15, -0.1) is 0 Å². The van der Waals surface area contributed by atoms with Gasteiger partial charge in [0.1, 0.15) is 11.5 Å². The Balaban J connectivity index is 1.53. The molecule has 5 saturated carbocycles. The lowest BCUT2D eigenvalue weighted by Gasteiger charge is -2.56. The van der Waals surface area contributed by atoms with E-state index in [4.69, 9.17) is 4.74 Å². The van der Waals surface area contributed by atoms with Crippen LogP contribution in [0.4, 0.5) is 0 Å². The lowest BCUT2D eigenvalue weighted by Crippen LogP contribution is -2.50. The van der Waals surface area contributed by atoms with Gasteiger partial charge in [-0.3, -0.25) is 4.79 Å². The number of nitriles is 2. The van der Waals surface area contributed by atoms with Crippen LogP contribution in [0.25, 0.3) is 0 Å². The molecule has 0 aliphatic heterocycles. The van der Waals surface area contributed by atoms with Gasteiger partial charge in [-0.25, -0.2) is 0 Å². The monoisotopic (exact) mass is 360 g/mol. The van der Waals surface area contributed by atoms with E-state index in [1.54, 1.807) is 7.11 Å². The molecule has 5 aliphatic rings. The molecule has 0 amide bonds. The van der Waals surface area contributed by atoms with Crippen LogP contribution in [0.2, 0.25) is 0 Å². The number of hydrogen-bond donors (Lipinski definition) is 0. The number of carbonyl (C=O) groups is 1. The van der Waals surface area contributed by atoms with E-state index in [9.17, 15) is 15.3 Å². The number of rotatable bonds is 4. The molecule has 27 heavy (non-hydrogen) atoms. The topological polar surface area (TPSA) is 73.9 Å². The minimum Gasteiger partial charge on any atom is -0.496 e. The van der Waals surface area contributed by atoms with Gasteiger partial charge < -0.3 is 4.74 Å². The van der Waals surface area contributed by atoms with Crippen LogP contribution in [-0.4, -0.2) is 12.9 Å². The summed E-state index contributed by atoms with van der Waals surface area (Å²) in [5, 5.41) is 19.8. The molecule has 138 valence electrons. The second-order valence-corrected chi connectivity index (χ2v) is 9.35. The van der Waals surface area contributed by atoms with Gasteiger partial charge in [-0.1, -0.05) is 18.2 Å². The molecule has 0 aromatic heterocycles. The molecule has 0 N–H and O–H groups in total. The van der Waals surface area contributed by atoms with Gasteiger partial charge in [0, 0.05) is 16.9 Å². The van der Waals surface area contributed by atoms with E-state index < -0.39 is 11.3 Å². The number of nitrogens with zero attached hydrogens (tertiary/aromatic N) is 2. The van der Waals surface area contributed by atoms with Gasteiger partial charge in [-0.2, -0.15) is 10.5 Å². The van der Waals surface area contributed by atoms with Crippen LogP contribution in [0.15, 0.2) is 24.3 Å². The fraction of sp³-hybridized carbons (Fsp3) is 0.609. The normalized spacial score (nSPS) is 40.0. The molecule has 1 aromatic carbocycles. The van der Waals surface area contributed by atoms with E-state index in [0.717, 1.165) is 24.8 Å². The Labute approximate surface area is 160 Å². The van der Waals surface area contributed by atoms with Crippen molar-refractivity contribution in [2.45, 2.75) is 44.4 Å². The summed E-state index contributed by atoms with van der Waals surface area (Å²) in [5.74, 6) is 1.98. The van der Waals surface area contributed by atoms with Crippen molar-refractivity contribution in [1.29, 1.82) is 10.5 Å². The van der Waals surface area contributed by atoms with Crippen molar-refractivity contribution in [3.8, 4) is 17.9 Å². The molecule has 0 spiro atoms. The van der Waals surface area contributed by atoms with E-state index in [2.05, 4.69) is 12.1 Å². The Hall–Kier alpha value is -2.33. The van der Waals surface area contributed by atoms with Gasteiger partial charge in [0.25, 0.3) is 0 Å². The largest absolute Gasteiger partial charge is 0.496 e. The predicted molar refractivity (Wildman–Crippen MR) is 98.5 cm³/mol. The first-order valence-electron chi connectivity index (χ1n) is 10.1. The first-order chi connectivity index (χ1) is 13.1. The van der Waals surface area contributed by atoms with Crippen LogP contribution < -0.4 is 4.74 Å². The lowest BCUT2D eigenvalue weighted by molar-refractivity contribution is -0.145. The average Bonchev–Trinajstić information content (AvgIpc) is 3.35. The van der Waals surface area contributed by atoms with Crippen LogP contribution in [0.1, 0.15) is 50.0 Å². The molecule has 5 fully saturated rings.